The normalized spacial score (nSPS) is 10.7. The summed E-state index contributed by atoms with van der Waals surface area (Å²) in [5.41, 5.74) is 8.24. The highest BCUT2D eigenvalue weighted by Crippen LogP contribution is 2.18. The third-order valence-electron chi connectivity index (χ3n) is 3.31. The van der Waals surface area contributed by atoms with Crippen LogP contribution in [-0.2, 0) is 4.79 Å². The van der Waals surface area contributed by atoms with E-state index in [1.165, 1.54) is 0 Å². The number of aryl methyl sites for hydroxylation is 1. The average molecular weight is 263 g/mol. The number of hydrogen-bond donors (Lipinski definition) is 2. The molecule has 0 aliphatic rings. The van der Waals surface area contributed by atoms with Crippen molar-refractivity contribution < 1.29 is 4.79 Å². The summed E-state index contributed by atoms with van der Waals surface area (Å²) in [4.78, 5) is 14.2. The summed E-state index contributed by atoms with van der Waals surface area (Å²) < 4.78 is 0. The van der Waals surface area contributed by atoms with Crippen molar-refractivity contribution in [1.82, 2.24) is 4.90 Å². The van der Waals surface area contributed by atoms with Gasteiger partial charge in [0.1, 0.15) is 0 Å². The summed E-state index contributed by atoms with van der Waals surface area (Å²) in [5, 5.41) is 2.92. The molecule has 1 rings (SSSR count). The average Bonchev–Trinajstić information content (AvgIpc) is 2.39. The molecule has 3 N–H and O–H groups in total. The second kappa shape index (κ2) is 7.79. The van der Waals surface area contributed by atoms with Crippen molar-refractivity contribution in [3.05, 3.63) is 23.8 Å². The van der Waals surface area contributed by atoms with Crippen LogP contribution in [0.25, 0.3) is 0 Å². The molecule has 0 bridgehead atoms. The van der Waals surface area contributed by atoms with Gasteiger partial charge in [0.25, 0.3) is 0 Å². The van der Waals surface area contributed by atoms with Gasteiger partial charge in [-0.3, -0.25) is 4.79 Å². The Morgan fingerprint density at radius 2 is 2.00 bits per heavy atom. The number of carbonyl (C=O) groups is 1. The Balaban J connectivity index is 2.41. The van der Waals surface area contributed by atoms with Crippen molar-refractivity contribution in [3.8, 4) is 0 Å². The number of nitrogens with one attached hydrogen (secondary N) is 1. The van der Waals surface area contributed by atoms with Crippen LogP contribution in [0.5, 0.6) is 0 Å². The first kappa shape index (κ1) is 15.5. The van der Waals surface area contributed by atoms with Crippen LogP contribution in [0.2, 0.25) is 0 Å². The summed E-state index contributed by atoms with van der Waals surface area (Å²) in [6, 6.07) is 5.56. The molecule has 1 aromatic rings. The van der Waals surface area contributed by atoms with Crippen LogP contribution in [0, 0.1) is 6.92 Å². The Labute approximate surface area is 116 Å². The predicted molar refractivity (Wildman–Crippen MR) is 81.2 cm³/mol. The first-order valence-corrected chi connectivity index (χ1v) is 6.95. The number of nitrogens with two attached hydrogens (primary N) is 1. The predicted octanol–water partition coefficient (Wildman–Crippen LogP) is 2.64. The fourth-order valence-corrected chi connectivity index (χ4v) is 1.99. The number of nitrogen functional groups attached to an aromatic ring is 1. The minimum Gasteiger partial charge on any atom is -0.399 e. The molecular weight excluding hydrogens is 238 g/mol. The lowest BCUT2D eigenvalue weighted by atomic mass is 10.1. The molecule has 4 heteroatoms. The Kier molecular flexibility index (Phi) is 6.36. The number of carbonyl (C=O) groups excluding carboxylic acids is 1. The van der Waals surface area contributed by atoms with Gasteiger partial charge in [-0.05, 0) is 50.7 Å². The lowest BCUT2D eigenvalue weighted by molar-refractivity contribution is -0.116. The Hall–Kier alpha value is -1.55. The minimum absolute atomic E-state index is 0.0563. The molecule has 0 fully saturated rings. The van der Waals surface area contributed by atoms with Crippen molar-refractivity contribution >= 4 is 17.3 Å². The molecule has 0 saturated carbocycles. The fourth-order valence-electron chi connectivity index (χ4n) is 1.99. The van der Waals surface area contributed by atoms with Crippen LogP contribution in [0.15, 0.2) is 18.2 Å². The maximum atomic E-state index is 11.9. The molecule has 106 valence electrons. The van der Waals surface area contributed by atoms with Crippen LogP contribution < -0.4 is 11.1 Å². The van der Waals surface area contributed by atoms with E-state index in [4.69, 9.17) is 5.73 Å². The summed E-state index contributed by atoms with van der Waals surface area (Å²) >= 11 is 0. The van der Waals surface area contributed by atoms with E-state index >= 15 is 0 Å². The van der Waals surface area contributed by atoms with Gasteiger partial charge in [0.2, 0.25) is 5.91 Å². The van der Waals surface area contributed by atoms with E-state index in [1.807, 2.05) is 19.1 Å². The molecule has 0 aliphatic carbocycles. The second-order valence-electron chi connectivity index (χ2n) is 4.75. The lowest BCUT2D eigenvalue weighted by Gasteiger charge is -2.17. The third-order valence-corrected chi connectivity index (χ3v) is 3.31. The molecule has 0 spiro atoms. The van der Waals surface area contributed by atoms with Gasteiger partial charge in [-0.2, -0.15) is 0 Å². The number of nitrogens with zero attached hydrogens (tertiary/aromatic N) is 1. The van der Waals surface area contributed by atoms with E-state index in [1.54, 1.807) is 6.07 Å². The highest BCUT2D eigenvalue weighted by molar-refractivity contribution is 5.91. The molecule has 0 aromatic heterocycles. The Morgan fingerprint density at radius 3 is 2.63 bits per heavy atom. The van der Waals surface area contributed by atoms with Gasteiger partial charge in [-0.25, -0.2) is 0 Å². The molecule has 19 heavy (non-hydrogen) atoms. The molecule has 0 radical (unpaired) electrons. The van der Waals surface area contributed by atoms with Crippen LogP contribution in [0.4, 0.5) is 11.4 Å². The number of rotatable bonds is 7. The number of benzene rings is 1. The van der Waals surface area contributed by atoms with Gasteiger partial charge in [0.15, 0.2) is 0 Å². The molecule has 4 nitrogen and oxygen atoms in total. The van der Waals surface area contributed by atoms with E-state index < -0.39 is 0 Å². The van der Waals surface area contributed by atoms with E-state index in [-0.39, 0.29) is 5.91 Å². The van der Waals surface area contributed by atoms with E-state index in [0.717, 1.165) is 37.3 Å². The van der Waals surface area contributed by atoms with Crippen LogP contribution in [0.3, 0.4) is 0 Å². The zero-order chi connectivity index (χ0) is 14.3. The summed E-state index contributed by atoms with van der Waals surface area (Å²) in [7, 11) is 0. The molecular formula is C15H25N3O. The van der Waals surface area contributed by atoms with E-state index in [9.17, 15) is 4.79 Å². The zero-order valence-electron chi connectivity index (χ0n) is 12.2. The molecule has 1 amide bonds. The highest BCUT2D eigenvalue weighted by atomic mass is 16.1. The number of amides is 1. The first-order chi connectivity index (χ1) is 9.06. The highest BCUT2D eigenvalue weighted by Gasteiger charge is 2.06. The SMILES string of the molecule is CCN(CC)CCCC(=O)Nc1cc(N)ccc1C. The molecule has 0 heterocycles. The third kappa shape index (κ3) is 5.30. The van der Waals surface area contributed by atoms with Gasteiger partial charge in [-0.15, -0.1) is 0 Å². The first-order valence-electron chi connectivity index (χ1n) is 6.95. The van der Waals surface area contributed by atoms with Gasteiger partial charge < -0.3 is 16.0 Å². The zero-order valence-corrected chi connectivity index (χ0v) is 12.2. The van der Waals surface area contributed by atoms with Crippen molar-refractivity contribution in [3.63, 3.8) is 0 Å². The Bertz CT molecular complexity index is 414. The monoisotopic (exact) mass is 263 g/mol. The van der Waals surface area contributed by atoms with Crippen LogP contribution >= 0.6 is 0 Å². The van der Waals surface area contributed by atoms with E-state index in [0.29, 0.717) is 12.1 Å². The minimum atomic E-state index is 0.0563. The standard InChI is InChI=1S/C15H25N3O/c1-4-18(5-2)10-6-7-15(19)17-14-11-13(16)9-8-12(14)3/h8-9,11H,4-7,10,16H2,1-3H3,(H,17,19). The quantitative estimate of drug-likeness (QED) is 0.743. The topological polar surface area (TPSA) is 58.4 Å². The molecule has 1 aromatic carbocycles. The van der Waals surface area contributed by atoms with Crippen LogP contribution in [-0.4, -0.2) is 30.4 Å². The van der Waals surface area contributed by atoms with Crippen molar-refractivity contribution in [2.45, 2.75) is 33.6 Å². The summed E-state index contributed by atoms with van der Waals surface area (Å²) in [6.07, 6.45) is 1.43. The molecule has 0 aliphatic heterocycles. The Morgan fingerprint density at radius 1 is 1.32 bits per heavy atom. The second-order valence-corrected chi connectivity index (χ2v) is 4.75. The van der Waals surface area contributed by atoms with Crippen molar-refractivity contribution in [2.75, 3.05) is 30.7 Å². The number of hydrogen-bond acceptors (Lipinski definition) is 3. The van der Waals surface area contributed by atoms with E-state index in [2.05, 4.69) is 24.1 Å². The molecule has 0 unspecified atom stereocenters. The van der Waals surface area contributed by atoms with Crippen molar-refractivity contribution in [1.29, 1.82) is 0 Å². The molecule has 0 saturated heterocycles. The van der Waals surface area contributed by atoms with Gasteiger partial charge in [0, 0.05) is 17.8 Å². The van der Waals surface area contributed by atoms with Gasteiger partial charge >= 0.3 is 0 Å². The molecule has 0 atom stereocenters. The van der Waals surface area contributed by atoms with Crippen molar-refractivity contribution in [2.24, 2.45) is 0 Å². The fraction of sp³-hybridized carbons (Fsp3) is 0.533. The largest absolute Gasteiger partial charge is 0.399 e. The van der Waals surface area contributed by atoms with Gasteiger partial charge in [-0.1, -0.05) is 19.9 Å². The van der Waals surface area contributed by atoms with Crippen LogP contribution in [0.1, 0.15) is 32.3 Å². The summed E-state index contributed by atoms with van der Waals surface area (Å²) in [5.74, 6) is 0.0563. The van der Waals surface area contributed by atoms with Gasteiger partial charge in [0.05, 0.1) is 0 Å². The summed E-state index contributed by atoms with van der Waals surface area (Å²) in [6.45, 7) is 9.28. The smallest absolute Gasteiger partial charge is 0.224 e. The maximum Gasteiger partial charge on any atom is 0.224 e. The lowest BCUT2D eigenvalue weighted by Crippen LogP contribution is -2.25. The number of anilines is 2. The maximum absolute atomic E-state index is 11.9.